The zero-order valence-electron chi connectivity index (χ0n) is 23.6. The Hall–Kier alpha value is -2.99. The number of carbonyl (C=O) groups excluding carboxylic acids is 5. The van der Waals surface area contributed by atoms with E-state index in [1.165, 1.54) is 4.90 Å². The largest absolute Gasteiger partial charge is 0.444 e. The molecule has 4 N–H and O–H groups in total. The third-order valence-electron chi connectivity index (χ3n) is 6.11. The van der Waals surface area contributed by atoms with Crippen LogP contribution in [-0.4, -0.2) is 82.8 Å². The van der Waals surface area contributed by atoms with Crippen molar-refractivity contribution in [2.75, 3.05) is 6.54 Å². The van der Waals surface area contributed by atoms with Crippen LogP contribution in [0.1, 0.15) is 68.2 Å². The second-order valence-corrected chi connectivity index (χ2v) is 12.2. The fourth-order valence-electron chi connectivity index (χ4n) is 4.50. The van der Waals surface area contributed by atoms with Crippen molar-refractivity contribution in [2.45, 2.75) is 110 Å². The predicted molar refractivity (Wildman–Crippen MR) is 138 cm³/mol. The van der Waals surface area contributed by atoms with Crippen LogP contribution in [0.5, 0.6) is 0 Å². The Morgan fingerprint density at radius 1 is 1.11 bits per heavy atom. The SMILES string of the molecule is C=CCCC(NC(=O)[C@@H]1C2OC(C)(C)OC2CN1C(=O)[C@@H](NC(=O)OC(C)(C)C)C(C)(C)C)C(=O)C(N)=O. The van der Waals surface area contributed by atoms with E-state index in [1.807, 2.05) is 0 Å². The van der Waals surface area contributed by atoms with E-state index >= 15 is 0 Å². The van der Waals surface area contributed by atoms with Gasteiger partial charge in [0, 0.05) is 0 Å². The highest BCUT2D eigenvalue weighted by Crippen LogP contribution is 2.38. The lowest BCUT2D eigenvalue weighted by atomic mass is 9.85. The molecule has 0 aromatic carbocycles. The topological polar surface area (TPSA) is 166 Å². The maximum Gasteiger partial charge on any atom is 0.408 e. The first-order valence-corrected chi connectivity index (χ1v) is 12.7. The van der Waals surface area contributed by atoms with E-state index in [4.69, 9.17) is 19.9 Å². The van der Waals surface area contributed by atoms with Crippen LogP contribution in [0.4, 0.5) is 4.79 Å². The van der Waals surface area contributed by atoms with Gasteiger partial charge in [-0.15, -0.1) is 6.58 Å². The van der Waals surface area contributed by atoms with Crippen molar-refractivity contribution < 1.29 is 38.2 Å². The first-order chi connectivity index (χ1) is 17.3. The van der Waals surface area contributed by atoms with Gasteiger partial charge in [0.25, 0.3) is 5.91 Å². The van der Waals surface area contributed by atoms with E-state index < -0.39 is 76.7 Å². The number of nitrogens with two attached hydrogens (primary N) is 1. The van der Waals surface area contributed by atoms with E-state index in [9.17, 15) is 24.0 Å². The fraction of sp³-hybridized carbons (Fsp3) is 0.731. The Morgan fingerprint density at radius 2 is 1.71 bits per heavy atom. The quantitative estimate of drug-likeness (QED) is 0.290. The van der Waals surface area contributed by atoms with Crippen LogP contribution in [-0.2, 0) is 33.4 Å². The summed E-state index contributed by atoms with van der Waals surface area (Å²) in [6, 6.07) is -3.47. The number of alkyl carbamates (subject to hydrolysis) is 1. The number of ether oxygens (including phenoxy) is 3. The van der Waals surface area contributed by atoms with Gasteiger partial charge in [-0.05, 0) is 52.9 Å². The van der Waals surface area contributed by atoms with Crippen molar-refractivity contribution in [1.82, 2.24) is 15.5 Å². The molecule has 2 fully saturated rings. The van der Waals surface area contributed by atoms with Gasteiger partial charge < -0.3 is 35.5 Å². The average molecular weight is 539 g/mol. The third-order valence-corrected chi connectivity index (χ3v) is 6.11. The number of allylic oxidation sites excluding steroid dienone is 1. The number of hydrogen-bond donors (Lipinski definition) is 3. The number of amides is 4. The van der Waals surface area contributed by atoms with Gasteiger partial charge in [0.1, 0.15) is 29.9 Å². The standard InChI is InChI=1S/C26H42N4O8/c1-10-11-12-14(17(31)20(27)32)28-21(33)16-18-15(36-26(8,9)37-18)13-30(16)22(34)19(24(2,3)4)29-23(35)38-25(5,6)7/h10,14-16,18-19H,1,11-13H2,2-9H3,(H2,27,32)(H,28,33)(H,29,35)/t14?,15?,16-,18?,19+/m0/s1. The normalized spacial score (nSPS) is 24.1. The van der Waals surface area contributed by atoms with Crippen molar-refractivity contribution in [3.8, 4) is 0 Å². The Morgan fingerprint density at radius 3 is 2.21 bits per heavy atom. The summed E-state index contributed by atoms with van der Waals surface area (Å²) >= 11 is 0. The molecule has 3 unspecified atom stereocenters. The van der Waals surface area contributed by atoms with Gasteiger partial charge in [0.2, 0.25) is 17.6 Å². The number of nitrogens with one attached hydrogen (secondary N) is 2. The zero-order chi connectivity index (χ0) is 29.2. The monoisotopic (exact) mass is 538 g/mol. The number of Topliss-reactive ketones (excluding diaryl/α,β-unsaturated/α-hetero) is 1. The van der Waals surface area contributed by atoms with Crippen molar-refractivity contribution >= 4 is 29.6 Å². The van der Waals surface area contributed by atoms with Gasteiger partial charge in [-0.1, -0.05) is 26.8 Å². The first kappa shape index (κ1) is 31.2. The first-order valence-electron chi connectivity index (χ1n) is 12.7. The van der Waals surface area contributed by atoms with Gasteiger partial charge in [-0.2, -0.15) is 0 Å². The van der Waals surface area contributed by atoms with Crippen LogP contribution >= 0.6 is 0 Å². The Balaban J connectivity index is 2.40. The summed E-state index contributed by atoms with van der Waals surface area (Å²) in [5.74, 6) is -4.41. The van der Waals surface area contributed by atoms with Crippen LogP contribution in [0.3, 0.4) is 0 Å². The van der Waals surface area contributed by atoms with Gasteiger partial charge >= 0.3 is 6.09 Å². The van der Waals surface area contributed by atoms with Crippen LogP contribution in [0, 0.1) is 5.41 Å². The number of fused-ring (bicyclic) bond motifs is 1. The van der Waals surface area contributed by atoms with Crippen molar-refractivity contribution in [1.29, 1.82) is 0 Å². The van der Waals surface area contributed by atoms with E-state index in [2.05, 4.69) is 17.2 Å². The lowest BCUT2D eigenvalue weighted by Gasteiger charge is -2.37. The molecule has 2 heterocycles. The molecule has 0 aromatic heterocycles. The number of nitrogens with zero attached hydrogens (tertiary/aromatic N) is 1. The summed E-state index contributed by atoms with van der Waals surface area (Å²) in [5.41, 5.74) is 3.63. The molecule has 2 aliphatic heterocycles. The molecule has 0 aliphatic carbocycles. The third kappa shape index (κ3) is 7.76. The van der Waals surface area contributed by atoms with Gasteiger partial charge in [0.05, 0.1) is 12.6 Å². The molecule has 12 nitrogen and oxygen atoms in total. The van der Waals surface area contributed by atoms with Crippen LogP contribution in [0.2, 0.25) is 0 Å². The molecule has 2 saturated heterocycles. The summed E-state index contributed by atoms with van der Waals surface area (Å²) in [7, 11) is 0. The van der Waals surface area contributed by atoms with Gasteiger partial charge in [-0.3, -0.25) is 19.2 Å². The second kappa shape index (κ2) is 11.4. The summed E-state index contributed by atoms with van der Waals surface area (Å²) in [6.45, 7) is 17.4. The fourth-order valence-corrected chi connectivity index (χ4v) is 4.50. The zero-order valence-corrected chi connectivity index (χ0v) is 23.6. The molecule has 0 saturated carbocycles. The number of rotatable bonds is 9. The number of primary amides is 1. The minimum absolute atomic E-state index is 0.00862. The summed E-state index contributed by atoms with van der Waals surface area (Å²) in [5, 5.41) is 5.21. The summed E-state index contributed by atoms with van der Waals surface area (Å²) in [6.07, 6.45) is -0.287. The minimum atomic E-state index is -1.21. The molecule has 0 radical (unpaired) electrons. The van der Waals surface area contributed by atoms with Crippen LogP contribution in [0.25, 0.3) is 0 Å². The molecule has 2 aliphatic rings. The highest BCUT2D eigenvalue weighted by molar-refractivity contribution is 6.37. The molecule has 2 rings (SSSR count). The lowest BCUT2D eigenvalue weighted by molar-refractivity contribution is -0.171. The highest BCUT2D eigenvalue weighted by atomic mass is 16.8. The molecule has 214 valence electrons. The highest BCUT2D eigenvalue weighted by Gasteiger charge is 2.58. The smallest absolute Gasteiger partial charge is 0.408 e. The lowest BCUT2D eigenvalue weighted by Crippen LogP contribution is -2.61. The minimum Gasteiger partial charge on any atom is -0.444 e. The molecule has 12 heteroatoms. The van der Waals surface area contributed by atoms with E-state index in [0.717, 1.165) is 0 Å². The van der Waals surface area contributed by atoms with E-state index in [-0.39, 0.29) is 13.0 Å². The Bertz CT molecular complexity index is 965. The van der Waals surface area contributed by atoms with Gasteiger partial charge in [0.15, 0.2) is 5.79 Å². The number of ketones is 1. The average Bonchev–Trinajstić information content (AvgIpc) is 3.23. The Kier molecular flexibility index (Phi) is 9.37. The van der Waals surface area contributed by atoms with Crippen LogP contribution in [0.15, 0.2) is 12.7 Å². The van der Waals surface area contributed by atoms with Crippen molar-refractivity contribution in [2.24, 2.45) is 11.1 Å². The molecule has 4 amide bonds. The second-order valence-electron chi connectivity index (χ2n) is 12.2. The number of carbonyl (C=O) groups is 5. The van der Waals surface area contributed by atoms with E-state index in [1.54, 1.807) is 61.5 Å². The molecule has 0 bridgehead atoms. The summed E-state index contributed by atoms with van der Waals surface area (Å²) < 4.78 is 17.3. The van der Waals surface area contributed by atoms with Crippen molar-refractivity contribution in [3.05, 3.63) is 12.7 Å². The maximum absolute atomic E-state index is 13.9. The predicted octanol–water partition coefficient (Wildman–Crippen LogP) is 1.16. The number of hydrogen-bond acceptors (Lipinski definition) is 8. The molecular weight excluding hydrogens is 496 g/mol. The van der Waals surface area contributed by atoms with E-state index in [0.29, 0.717) is 6.42 Å². The molecular formula is C26H42N4O8. The maximum atomic E-state index is 13.9. The molecule has 0 spiro atoms. The Labute approximate surface area is 224 Å². The van der Waals surface area contributed by atoms with Crippen molar-refractivity contribution in [3.63, 3.8) is 0 Å². The molecule has 38 heavy (non-hydrogen) atoms. The van der Waals surface area contributed by atoms with Gasteiger partial charge in [-0.25, -0.2) is 4.79 Å². The molecule has 5 atom stereocenters. The number of likely N-dealkylation sites (tertiary alicyclic amines) is 1. The molecule has 0 aromatic rings. The summed E-state index contributed by atoms with van der Waals surface area (Å²) in [4.78, 5) is 65.4. The van der Waals surface area contributed by atoms with Crippen LogP contribution < -0.4 is 16.4 Å².